The lowest BCUT2D eigenvalue weighted by atomic mass is 10.0. The average Bonchev–Trinajstić information content (AvgIpc) is 2.48. The Labute approximate surface area is 154 Å². The molecule has 0 aliphatic rings. The van der Waals surface area contributed by atoms with E-state index < -0.39 is 11.1 Å². The Morgan fingerprint density at radius 3 is 1.72 bits per heavy atom. The van der Waals surface area contributed by atoms with Crippen molar-refractivity contribution in [3.63, 3.8) is 0 Å². The van der Waals surface area contributed by atoms with Crippen LogP contribution in [0.3, 0.4) is 0 Å². The number of carbonyl (C=O) groups is 2. The van der Waals surface area contributed by atoms with Gasteiger partial charge >= 0.3 is 0 Å². The van der Waals surface area contributed by atoms with Gasteiger partial charge in [0, 0.05) is 12.8 Å². The van der Waals surface area contributed by atoms with Gasteiger partial charge in [0.05, 0.1) is 24.3 Å². The highest BCUT2D eigenvalue weighted by Gasteiger charge is 2.24. The molecule has 0 unspecified atom stereocenters. The molecule has 0 saturated heterocycles. The highest BCUT2D eigenvalue weighted by molar-refractivity contribution is 5.77. The molecule has 6 heteroatoms. The van der Waals surface area contributed by atoms with Crippen LogP contribution >= 0.6 is 0 Å². The van der Waals surface area contributed by atoms with Gasteiger partial charge in [-0.25, -0.2) is 0 Å². The summed E-state index contributed by atoms with van der Waals surface area (Å²) in [7, 11) is 0. The Kier molecular flexibility index (Phi) is 14.7. The molecular weight excluding hydrogens is 318 g/mol. The third-order valence-electron chi connectivity index (χ3n) is 3.22. The second-order valence-corrected chi connectivity index (χ2v) is 7.35. The smallest absolute Gasteiger partial charge is 0.220 e. The Bertz CT molecular complexity index is 369. The Balaban J connectivity index is 0. The molecule has 6 nitrogen and oxygen atoms in total. The lowest BCUT2D eigenvalue weighted by Gasteiger charge is -2.30. The normalized spacial score (nSPS) is 11.4. The maximum atomic E-state index is 11.8. The van der Waals surface area contributed by atoms with Crippen molar-refractivity contribution in [1.82, 2.24) is 10.6 Å². The third kappa shape index (κ3) is 16.1. The Morgan fingerprint density at radius 2 is 1.32 bits per heavy atom. The summed E-state index contributed by atoms with van der Waals surface area (Å²) in [6.45, 7) is 15.1. The van der Waals surface area contributed by atoms with E-state index in [1.165, 1.54) is 0 Å². The number of nitrogens with one attached hydrogen (secondary N) is 2. The summed E-state index contributed by atoms with van der Waals surface area (Å²) in [5.74, 6) is 0.0520. The van der Waals surface area contributed by atoms with E-state index in [1.54, 1.807) is 0 Å². The summed E-state index contributed by atoms with van der Waals surface area (Å²) < 4.78 is 5.72. The van der Waals surface area contributed by atoms with Gasteiger partial charge in [-0.2, -0.15) is 0 Å². The van der Waals surface area contributed by atoms with E-state index in [0.29, 0.717) is 32.6 Å². The maximum Gasteiger partial charge on any atom is 0.220 e. The van der Waals surface area contributed by atoms with Crippen LogP contribution in [0.15, 0.2) is 0 Å². The quantitative estimate of drug-likeness (QED) is 0.467. The number of amides is 2. The van der Waals surface area contributed by atoms with Crippen LogP contribution in [0.25, 0.3) is 0 Å². The molecule has 0 rings (SSSR count). The molecule has 0 bridgehead atoms. The summed E-state index contributed by atoms with van der Waals surface area (Å²) in [6.07, 6.45) is 3.49. The van der Waals surface area contributed by atoms with Gasteiger partial charge in [0.25, 0.3) is 0 Å². The minimum atomic E-state index is -0.441. The van der Waals surface area contributed by atoms with Gasteiger partial charge in [-0.15, -0.1) is 0 Å². The van der Waals surface area contributed by atoms with Crippen molar-refractivity contribution in [2.45, 2.75) is 91.6 Å². The van der Waals surface area contributed by atoms with Crippen LogP contribution in [0.5, 0.6) is 0 Å². The van der Waals surface area contributed by atoms with Crippen LogP contribution in [0, 0.1) is 0 Å². The van der Waals surface area contributed by atoms with Gasteiger partial charge < -0.3 is 21.1 Å². The minimum Gasteiger partial charge on any atom is -0.377 e. The first-order chi connectivity index (χ1) is 11.6. The van der Waals surface area contributed by atoms with Crippen molar-refractivity contribution >= 4 is 11.8 Å². The average molecular weight is 360 g/mol. The summed E-state index contributed by atoms with van der Waals surface area (Å²) in [5.41, 5.74) is 4.56. The first-order valence-electron chi connectivity index (χ1n) is 9.52. The lowest BCUT2D eigenvalue weighted by Crippen LogP contribution is -2.50. The first kappa shape index (κ1) is 26.1. The number of unbranched alkanes of at least 4 members (excludes halogenated alkanes) is 1. The van der Waals surface area contributed by atoms with Gasteiger partial charge in [0.1, 0.15) is 0 Å². The Morgan fingerprint density at radius 1 is 0.880 bits per heavy atom. The van der Waals surface area contributed by atoms with E-state index >= 15 is 0 Å². The summed E-state index contributed by atoms with van der Waals surface area (Å²) in [6, 6.07) is 0. The fourth-order valence-electron chi connectivity index (χ4n) is 2.17. The van der Waals surface area contributed by atoms with E-state index in [2.05, 4.69) is 10.6 Å². The molecule has 0 saturated carbocycles. The molecule has 0 atom stereocenters. The molecule has 0 aliphatic heterocycles. The van der Waals surface area contributed by atoms with Gasteiger partial charge in [-0.3, -0.25) is 9.59 Å². The predicted molar refractivity (Wildman–Crippen MR) is 104 cm³/mol. The zero-order valence-corrected chi connectivity index (χ0v) is 17.5. The molecule has 25 heavy (non-hydrogen) atoms. The van der Waals surface area contributed by atoms with Crippen LogP contribution in [0.4, 0.5) is 0 Å². The summed E-state index contributed by atoms with van der Waals surface area (Å²) in [5, 5.41) is 5.93. The molecule has 0 fully saturated rings. The molecule has 0 aromatic heterocycles. The molecule has 0 aromatic rings. The van der Waals surface area contributed by atoms with Crippen molar-refractivity contribution in [2.75, 3.05) is 19.8 Å². The van der Waals surface area contributed by atoms with E-state index in [-0.39, 0.29) is 11.8 Å². The molecule has 0 heterocycles. The second-order valence-electron chi connectivity index (χ2n) is 7.35. The van der Waals surface area contributed by atoms with E-state index in [9.17, 15) is 9.59 Å². The highest BCUT2D eigenvalue weighted by Crippen LogP contribution is 2.09. The number of ether oxygens (including phenoxy) is 1. The number of carbonyl (C=O) groups excluding carboxylic acids is 2. The minimum absolute atomic E-state index is 0.0163. The monoisotopic (exact) mass is 359 g/mol. The molecule has 2 amide bonds. The maximum absolute atomic E-state index is 11.8. The molecule has 4 N–H and O–H groups in total. The molecule has 0 aromatic carbocycles. The van der Waals surface area contributed by atoms with E-state index in [1.807, 2.05) is 48.5 Å². The van der Waals surface area contributed by atoms with Gasteiger partial charge in [0.15, 0.2) is 0 Å². The molecule has 0 aliphatic carbocycles. The van der Waals surface area contributed by atoms with Crippen LogP contribution in [0.1, 0.15) is 80.6 Å². The number of hydrogen-bond donors (Lipinski definition) is 3. The van der Waals surface area contributed by atoms with Gasteiger partial charge in [0.2, 0.25) is 11.8 Å². The lowest BCUT2D eigenvalue weighted by molar-refractivity contribution is -0.123. The van der Waals surface area contributed by atoms with Gasteiger partial charge in [-0.1, -0.05) is 20.8 Å². The predicted octanol–water partition coefficient (Wildman–Crippen LogP) is 2.75. The molecule has 0 radical (unpaired) electrons. The zero-order valence-electron chi connectivity index (χ0n) is 17.5. The summed E-state index contributed by atoms with van der Waals surface area (Å²) in [4.78, 5) is 23.5. The number of hydrogen-bond acceptors (Lipinski definition) is 4. The standard InChI is InChI=1S/C17H35N3O3.C2H6/c1-6-9-14(21)19-16(2,3)12-23-13-17(4,5)20-15(22)10-7-8-11-18;1-2/h6-13,18H2,1-5H3,(H,19,21)(H,20,22);1-2H3. The van der Waals surface area contributed by atoms with Crippen molar-refractivity contribution in [2.24, 2.45) is 5.73 Å². The highest BCUT2D eigenvalue weighted by atomic mass is 16.5. The molecule has 0 spiro atoms. The van der Waals surface area contributed by atoms with Crippen LogP contribution in [0.2, 0.25) is 0 Å². The van der Waals surface area contributed by atoms with Crippen molar-refractivity contribution in [3.8, 4) is 0 Å². The van der Waals surface area contributed by atoms with E-state index in [4.69, 9.17) is 10.5 Å². The van der Waals surface area contributed by atoms with Gasteiger partial charge in [-0.05, 0) is 53.5 Å². The van der Waals surface area contributed by atoms with Crippen molar-refractivity contribution in [3.05, 3.63) is 0 Å². The van der Waals surface area contributed by atoms with Crippen LogP contribution in [-0.2, 0) is 14.3 Å². The van der Waals surface area contributed by atoms with Crippen LogP contribution in [-0.4, -0.2) is 42.7 Å². The number of rotatable bonds is 12. The largest absolute Gasteiger partial charge is 0.377 e. The fraction of sp³-hybridized carbons (Fsp3) is 0.895. The first-order valence-corrected chi connectivity index (χ1v) is 9.52. The van der Waals surface area contributed by atoms with Crippen molar-refractivity contribution < 1.29 is 14.3 Å². The fourth-order valence-corrected chi connectivity index (χ4v) is 2.17. The van der Waals surface area contributed by atoms with Crippen LogP contribution < -0.4 is 16.4 Å². The molecular formula is C19H41N3O3. The topological polar surface area (TPSA) is 93.5 Å². The van der Waals surface area contributed by atoms with E-state index in [0.717, 1.165) is 19.3 Å². The zero-order chi connectivity index (χ0) is 19.9. The Hall–Kier alpha value is -1.14. The second kappa shape index (κ2) is 14.1. The summed E-state index contributed by atoms with van der Waals surface area (Å²) >= 11 is 0. The number of nitrogens with two attached hydrogens (primary N) is 1. The SMILES string of the molecule is CC.CCCC(=O)NC(C)(C)COCC(C)(C)NC(=O)CCCCN. The van der Waals surface area contributed by atoms with Crippen molar-refractivity contribution in [1.29, 1.82) is 0 Å². The third-order valence-corrected chi connectivity index (χ3v) is 3.22. The molecule has 150 valence electrons.